The first-order valence-corrected chi connectivity index (χ1v) is 9.53. The fourth-order valence-electron chi connectivity index (χ4n) is 3.72. The minimum Gasteiger partial charge on any atom is -0.391 e. The summed E-state index contributed by atoms with van der Waals surface area (Å²) in [6.45, 7) is 0.990. The van der Waals surface area contributed by atoms with Gasteiger partial charge in [-0.05, 0) is 47.9 Å². The number of piperidine rings is 1. The summed E-state index contributed by atoms with van der Waals surface area (Å²) in [7, 11) is 0. The standard InChI is InChI=1S/C22H21N3O4/c26-19-6-3-11-24(14-19)20-10-8-17(13-21(20)25(28)29)22(27)23-18-9-7-15-4-1-2-5-16(15)12-18/h1-2,4-5,7-10,12-13,19,26H,3,6,11,14H2,(H,23,27)/t19-/m1/s1. The largest absolute Gasteiger partial charge is 0.391 e. The molecule has 1 fully saturated rings. The lowest BCUT2D eigenvalue weighted by Gasteiger charge is -2.31. The van der Waals surface area contributed by atoms with Gasteiger partial charge in [-0.25, -0.2) is 0 Å². The summed E-state index contributed by atoms with van der Waals surface area (Å²) in [5.41, 5.74) is 1.13. The third-order valence-corrected chi connectivity index (χ3v) is 5.18. The topological polar surface area (TPSA) is 95.7 Å². The Bertz CT molecular complexity index is 1080. The number of rotatable bonds is 4. The smallest absolute Gasteiger partial charge is 0.293 e. The van der Waals surface area contributed by atoms with Gasteiger partial charge in [0.1, 0.15) is 5.69 Å². The van der Waals surface area contributed by atoms with Gasteiger partial charge in [-0.2, -0.15) is 0 Å². The number of nitro groups is 1. The molecule has 29 heavy (non-hydrogen) atoms. The van der Waals surface area contributed by atoms with E-state index >= 15 is 0 Å². The molecule has 0 unspecified atom stereocenters. The van der Waals surface area contributed by atoms with Crippen LogP contribution in [0.15, 0.2) is 60.7 Å². The highest BCUT2D eigenvalue weighted by Crippen LogP contribution is 2.31. The molecule has 1 amide bonds. The fraction of sp³-hybridized carbons (Fsp3) is 0.227. The van der Waals surface area contributed by atoms with Crippen molar-refractivity contribution in [1.29, 1.82) is 0 Å². The number of nitrogens with one attached hydrogen (secondary N) is 1. The Morgan fingerprint density at radius 3 is 2.66 bits per heavy atom. The van der Waals surface area contributed by atoms with Crippen molar-refractivity contribution in [2.24, 2.45) is 0 Å². The van der Waals surface area contributed by atoms with Gasteiger partial charge in [0.2, 0.25) is 0 Å². The van der Waals surface area contributed by atoms with E-state index in [0.29, 0.717) is 30.9 Å². The van der Waals surface area contributed by atoms with Crippen molar-refractivity contribution in [2.75, 3.05) is 23.3 Å². The monoisotopic (exact) mass is 391 g/mol. The van der Waals surface area contributed by atoms with Gasteiger partial charge in [0.15, 0.2) is 0 Å². The molecule has 0 bridgehead atoms. The second kappa shape index (κ2) is 7.89. The van der Waals surface area contributed by atoms with Crippen LogP contribution in [0.3, 0.4) is 0 Å². The molecule has 0 spiro atoms. The van der Waals surface area contributed by atoms with Crippen LogP contribution in [0.25, 0.3) is 10.8 Å². The summed E-state index contributed by atoms with van der Waals surface area (Å²) in [6.07, 6.45) is 0.957. The minimum atomic E-state index is -0.501. The molecule has 1 atom stereocenters. The third-order valence-electron chi connectivity index (χ3n) is 5.18. The van der Waals surface area contributed by atoms with Gasteiger partial charge in [0.05, 0.1) is 11.0 Å². The molecule has 0 saturated carbocycles. The Labute approximate surface area is 167 Å². The van der Waals surface area contributed by atoms with Crippen molar-refractivity contribution in [3.63, 3.8) is 0 Å². The summed E-state index contributed by atoms with van der Waals surface area (Å²) in [4.78, 5) is 25.6. The average molecular weight is 391 g/mol. The van der Waals surface area contributed by atoms with E-state index in [1.807, 2.05) is 36.4 Å². The molecule has 3 aromatic rings. The molecule has 1 saturated heterocycles. The molecule has 7 heteroatoms. The maximum Gasteiger partial charge on any atom is 0.293 e. The lowest BCUT2D eigenvalue weighted by Crippen LogP contribution is -2.38. The molecule has 0 radical (unpaired) electrons. The molecule has 1 aliphatic rings. The number of nitrogens with zero attached hydrogens (tertiary/aromatic N) is 2. The van der Waals surface area contributed by atoms with E-state index < -0.39 is 16.9 Å². The summed E-state index contributed by atoms with van der Waals surface area (Å²) >= 11 is 0. The van der Waals surface area contributed by atoms with Crippen LogP contribution in [0.2, 0.25) is 0 Å². The number of nitro benzene ring substituents is 1. The predicted octanol–water partition coefficient (Wildman–Crippen LogP) is 3.96. The van der Waals surface area contributed by atoms with Gasteiger partial charge in [-0.3, -0.25) is 14.9 Å². The highest BCUT2D eigenvalue weighted by atomic mass is 16.6. The molecular weight excluding hydrogens is 370 g/mol. The summed E-state index contributed by atoms with van der Waals surface area (Å²) in [5, 5.41) is 26.4. The minimum absolute atomic E-state index is 0.134. The van der Waals surface area contributed by atoms with E-state index in [1.54, 1.807) is 23.1 Å². The van der Waals surface area contributed by atoms with Crippen LogP contribution in [0.4, 0.5) is 17.1 Å². The Kier molecular flexibility index (Phi) is 5.14. The van der Waals surface area contributed by atoms with Crippen LogP contribution in [0, 0.1) is 10.1 Å². The first kappa shape index (κ1) is 18.9. The summed E-state index contributed by atoms with van der Waals surface area (Å²) < 4.78 is 0. The van der Waals surface area contributed by atoms with E-state index in [1.165, 1.54) is 6.07 Å². The number of aliphatic hydroxyl groups is 1. The number of benzene rings is 3. The maximum atomic E-state index is 12.7. The molecule has 4 rings (SSSR count). The molecule has 0 aliphatic carbocycles. The number of carbonyl (C=O) groups is 1. The van der Waals surface area contributed by atoms with E-state index in [0.717, 1.165) is 17.2 Å². The lowest BCUT2D eigenvalue weighted by atomic mass is 10.1. The maximum absolute atomic E-state index is 12.7. The molecule has 2 N–H and O–H groups in total. The van der Waals surface area contributed by atoms with Crippen molar-refractivity contribution >= 4 is 33.7 Å². The number of β-amino-alcohol motifs (C(OH)–C–C–N with tert-alkyl or cyclic N) is 1. The zero-order chi connectivity index (χ0) is 20.4. The van der Waals surface area contributed by atoms with Gasteiger partial charge in [-0.1, -0.05) is 30.3 Å². The molecule has 1 heterocycles. The predicted molar refractivity (Wildman–Crippen MR) is 112 cm³/mol. The number of hydrogen-bond donors (Lipinski definition) is 2. The highest BCUT2D eigenvalue weighted by Gasteiger charge is 2.25. The van der Waals surface area contributed by atoms with Crippen molar-refractivity contribution < 1.29 is 14.8 Å². The van der Waals surface area contributed by atoms with Crippen molar-refractivity contribution in [3.8, 4) is 0 Å². The van der Waals surface area contributed by atoms with Crippen LogP contribution in [-0.2, 0) is 0 Å². The van der Waals surface area contributed by atoms with E-state index in [-0.39, 0.29) is 11.3 Å². The number of hydrogen-bond acceptors (Lipinski definition) is 5. The molecule has 148 valence electrons. The molecule has 3 aromatic carbocycles. The lowest BCUT2D eigenvalue weighted by molar-refractivity contribution is -0.384. The Balaban J connectivity index is 1.59. The van der Waals surface area contributed by atoms with Crippen LogP contribution < -0.4 is 10.2 Å². The first-order valence-electron chi connectivity index (χ1n) is 9.53. The number of anilines is 2. The van der Waals surface area contributed by atoms with Gasteiger partial charge in [-0.15, -0.1) is 0 Å². The number of carbonyl (C=O) groups excluding carboxylic acids is 1. The molecule has 0 aromatic heterocycles. The second-order valence-electron chi connectivity index (χ2n) is 7.22. The van der Waals surface area contributed by atoms with Gasteiger partial charge in [0.25, 0.3) is 11.6 Å². The SMILES string of the molecule is O=C(Nc1ccc2ccccc2c1)c1ccc(N2CCC[C@@H](O)C2)c([N+](=O)[O-])c1. The fourth-order valence-corrected chi connectivity index (χ4v) is 3.72. The van der Waals surface area contributed by atoms with Gasteiger partial charge in [0, 0.05) is 30.4 Å². The van der Waals surface area contributed by atoms with Crippen LogP contribution in [-0.4, -0.2) is 35.1 Å². The average Bonchev–Trinajstić information content (AvgIpc) is 2.73. The van der Waals surface area contributed by atoms with Crippen molar-refractivity contribution in [2.45, 2.75) is 18.9 Å². The number of fused-ring (bicyclic) bond motifs is 1. The first-order chi connectivity index (χ1) is 14.0. The van der Waals surface area contributed by atoms with Crippen LogP contribution >= 0.6 is 0 Å². The quantitative estimate of drug-likeness (QED) is 0.518. The summed E-state index contributed by atoms with van der Waals surface area (Å²) in [5.74, 6) is -0.409. The molecule has 1 aliphatic heterocycles. The Morgan fingerprint density at radius 2 is 1.90 bits per heavy atom. The second-order valence-corrected chi connectivity index (χ2v) is 7.22. The zero-order valence-electron chi connectivity index (χ0n) is 15.7. The normalized spacial score (nSPS) is 16.6. The van der Waals surface area contributed by atoms with Crippen molar-refractivity contribution in [3.05, 3.63) is 76.3 Å². The van der Waals surface area contributed by atoms with E-state index in [9.17, 15) is 20.0 Å². The highest BCUT2D eigenvalue weighted by molar-refractivity contribution is 6.06. The van der Waals surface area contributed by atoms with Crippen LogP contribution in [0.1, 0.15) is 23.2 Å². The molecule has 7 nitrogen and oxygen atoms in total. The van der Waals surface area contributed by atoms with Crippen LogP contribution in [0.5, 0.6) is 0 Å². The van der Waals surface area contributed by atoms with E-state index in [2.05, 4.69) is 5.32 Å². The van der Waals surface area contributed by atoms with E-state index in [4.69, 9.17) is 0 Å². The Hall–Kier alpha value is -3.45. The van der Waals surface area contributed by atoms with Gasteiger partial charge >= 0.3 is 0 Å². The number of amides is 1. The molecular formula is C22H21N3O4. The summed E-state index contributed by atoms with van der Waals surface area (Å²) in [6, 6.07) is 17.9. The van der Waals surface area contributed by atoms with Crippen molar-refractivity contribution in [1.82, 2.24) is 0 Å². The zero-order valence-corrected chi connectivity index (χ0v) is 15.7. The third kappa shape index (κ3) is 4.05. The number of aliphatic hydroxyl groups excluding tert-OH is 1. The van der Waals surface area contributed by atoms with Gasteiger partial charge < -0.3 is 15.3 Å². The Morgan fingerprint density at radius 1 is 1.10 bits per heavy atom.